The zero-order valence-electron chi connectivity index (χ0n) is 16.3. The van der Waals surface area contributed by atoms with E-state index in [2.05, 4.69) is 9.73 Å². The highest BCUT2D eigenvalue weighted by Crippen LogP contribution is 2.33. The number of aliphatic imine (C=N–C) groups is 1. The maximum absolute atomic E-state index is 14.0. The van der Waals surface area contributed by atoms with Crippen LogP contribution < -0.4 is 0 Å². The van der Waals surface area contributed by atoms with E-state index in [9.17, 15) is 22.0 Å². The van der Waals surface area contributed by atoms with Gasteiger partial charge < -0.3 is 4.74 Å². The first-order valence-corrected chi connectivity index (χ1v) is 9.75. The van der Waals surface area contributed by atoms with Crippen LogP contribution in [-0.2, 0) is 4.74 Å². The Hall–Kier alpha value is -3.22. The van der Waals surface area contributed by atoms with Gasteiger partial charge in [-0.2, -0.15) is 0 Å². The van der Waals surface area contributed by atoms with E-state index < -0.39 is 18.0 Å². The Morgan fingerprint density at radius 2 is 1.65 bits per heavy atom. The molecule has 2 aromatic rings. The minimum Gasteiger partial charge on any atom is -0.410 e. The van der Waals surface area contributed by atoms with Gasteiger partial charge in [0.25, 0.3) is 0 Å². The van der Waals surface area contributed by atoms with Crippen molar-refractivity contribution in [2.45, 2.75) is 31.7 Å². The number of hydrogen-bond acceptors (Lipinski definition) is 2. The van der Waals surface area contributed by atoms with E-state index in [1.165, 1.54) is 24.3 Å². The van der Waals surface area contributed by atoms with E-state index in [4.69, 9.17) is 0 Å². The van der Waals surface area contributed by atoms with Crippen LogP contribution in [0, 0.1) is 11.6 Å². The molecular formula is C24H18F5NO. The fourth-order valence-electron chi connectivity index (χ4n) is 3.72. The zero-order chi connectivity index (χ0) is 22.0. The summed E-state index contributed by atoms with van der Waals surface area (Å²) in [4.78, 5) is 4.53. The smallest absolute Gasteiger partial charge is 0.410 e. The molecule has 4 rings (SSSR count). The van der Waals surface area contributed by atoms with Gasteiger partial charge in [0.2, 0.25) is 0 Å². The summed E-state index contributed by atoms with van der Waals surface area (Å²) in [5.41, 5.74) is 2.83. The van der Waals surface area contributed by atoms with Gasteiger partial charge in [-0.05, 0) is 47.8 Å². The predicted molar refractivity (Wildman–Crippen MR) is 108 cm³/mol. The maximum atomic E-state index is 14.0. The number of benzene rings is 2. The molecular weight excluding hydrogens is 413 g/mol. The molecule has 0 amide bonds. The molecule has 7 heteroatoms. The van der Waals surface area contributed by atoms with E-state index >= 15 is 0 Å². The number of alkyl halides is 3. The van der Waals surface area contributed by atoms with Crippen LogP contribution in [0.4, 0.5) is 22.0 Å². The quantitative estimate of drug-likeness (QED) is 0.475. The minimum absolute atomic E-state index is 0.0454. The summed E-state index contributed by atoms with van der Waals surface area (Å²) in [5, 5.41) is 0. The lowest BCUT2D eigenvalue weighted by Gasteiger charge is -2.09. The largest absolute Gasteiger partial charge is 0.572 e. The third-order valence-corrected chi connectivity index (χ3v) is 5.16. The van der Waals surface area contributed by atoms with Crippen molar-refractivity contribution in [3.8, 4) is 0 Å². The van der Waals surface area contributed by atoms with E-state index in [1.54, 1.807) is 18.2 Å². The molecule has 0 spiro atoms. The predicted octanol–water partition coefficient (Wildman–Crippen LogP) is 7.05. The maximum Gasteiger partial charge on any atom is 0.572 e. The normalized spacial score (nSPS) is 18.9. The van der Waals surface area contributed by atoms with Crippen LogP contribution in [0.15, 0.2) is 77.5 Å². The van der Waals surface area contributed by atoms with Crippen molar-refractivity contribution in [2.24, 2.45) is 4.99 Å². The number of rotatable bonds is 4. The number of hydrogen-bond donors (Lipinski definition) is 0. The lowest BCUT2D eigenvalue weighted by Crippen LogP contribution is -2.12. The van der Waals surface area contributed by atoms with Crippen molar-refractivity contribution in [3.63, 3.8) is 0 Å². The highest BCUT2D eigenvalue weighted by Gasteiger charge is 2.31. The molecule has 0 N–H and O–H groups in total. The average Bonchev–Trinajstić information content (AvgIpc) is 3.07. The van der Waals surface area contributed by atoms with E-state index in [0.29, 0.717) is 18.6 Å². The molecule has 1 aliphatic heterocycles. The van der Waals surface area contributed by atoms with Crippen LogP contribution in [0.5, 0.6) is 0 Å². The second kappa shape index (κ2) is 8.49. The molecule has 1 heterocycles. The molecule has 2 nitrogen and oxygen atoms in total. The summed E-state index contributed by atoms with van der Waals surface area (Å²) in [6.07, 6.45) is 2.69. The Labute approximate surface area is 176 Å². The van der Waals surface area contributed by atoms with Crippen LogP contribution in [0.1, 0.15) is 42.0 Å². The lowest BCUT2D eigenvalue weighted by atomic mass is 9.99. The van der Waals surface area contributed by atoms with Gasteiger partial charge in [0.15, 0.2) is 0 Å². The van der Waals surface area contributed by atoms with Crippen molar-refractivity contribution < 1.29 is 26.7 Å². The molecule has 0 bridgehead atoms. The van der Waals surface area contributed by atoms with Crippen LogP contribution in [0.3, 0.4) is 0 Å². The number of allylic oxidation sites excluding steroid dienone is 5. The van der Waals surface area contributed by atoms with E-state index in [-0.39, 0.29) is 23.8 Å². The van der Waals surface area contributed by atoms with Gasteiger partial charge in [0.05, 0.1) is 11.6 Å². The van der Waals surface area contributed by atoms with Gasteiger partial charge in [-0.15, -0.1) is 13.2 Å². The van der Waals surface area contributed by atoms with Crippen LogP contribution in [0.2, 0.25) is 0 Å². The topological polar surface area (TPSA) is 21.6 Å². The first kappa shape index (κ1) is 21.0. The minimum atomic E-state index is -4.72. The summed E-state index contributed by atoms with van der Waals surface area (Å²) >= 11 is 0. The summed E-state index contributed by atoms with van der Waals surface area (Å²) in [5.74, 6) is -1.42. The first-order chi connectivity index (χ1) is 14.8. The molecule has 0 saturated heterocycles. The molecule has 0 unspecified atom stereocenters. The Morgan fingerprint density at radius 1 is 0.935 bits per heavy atom. The first-order valence-electron chi connectivity index (χ1n) is 9.75. The molecule has 2 aromatic carbocycles. The molecule has 0 fully saturated rings. The van der Waals surface area contributed by atoms with Gasteiger partial charge >= 0.3 is 6.36 Å². The fourth-order valence-corrected chi connectivity index (χ4v) is 3.72. The van der Waals surface area contributed by atoms with Crippen molar-refractivity contribution in [2.75, 3.05) is 0 Å². The van der Waals surface area contributed by atoms with Gasteiger partial charge in [-0.1, -0.05) is 48.6 Å². The Balaban J connectivity index is 1.52. The Kier molecular flexibility index (Phi) is 5.76. The fraction of sp³-hybridized carbons (Fsp3) is 0.208. The van der Waals surface area contributed by atoms with Gasteiger partial charge in [0.1, 0.15) is 17.4 Å². The molecule has 0 radical (unpaired) electrons. The van der Waals surface area contributed by atoms with E-state index in [0.717, 1.165) is 16.7 Å². The number of halogens is 5. The van der Waals surface area contributed by atoms with Gasteiger partial charge in [-0.25, -0.2) is 8.78 Å². The summed E-state index contributed by atoms with van der Waals surface area (Å²) in [6, 6.07) is 11.0. The van der Waals surface area contributed by atoms with Crippen LogP contribution >= 0.6 is 0 Å². The average molecular weight is 431 g/mol. The Bertz CT molecular complexity index is 1070. The highest BCUT2D eigenvalue weighted by molar-refractivity contribution is 6.02. The zero-order valence-corrected chi connectivity index (χ0v) is 16.3. The summed E-state index contributed by atoms with van der Waals surface area (Å²) in [7, 11) is 0. The molecule has 0 saturated carbocycles. The SMILES string of the molecule is Fc1cccc(F)c1C1=N[C@@H](c2ccc(C3=CC=C(OC(F)(F)F)CC=C3)cc2)CC1. The van der Waals surface area contributed by atoms with Crippen molar-refractivity contribution in [1.29, 1.82) is 0 Å². The van der Waals surface area contributed by atoms with Crippen molar-refractivity contribution in [3.05, 3.63) is 101 Å². The third-order valence-electron chi connectivity index (χ3n) is 5.16. The summed E-state index contributed by atoms with van der Waals surface area (Å²) in [6.45, 7) is 0. The number of ether oxygens (including phenoxy) is 1. The molecule has 160 valence electrons. The number of nitrogens with zero attached hydrogens (tertiary/aromatic N) is 1. The second-order valence-corrected chi connectivity index (χ2v) is 7.26. The Morgan fingerprint density at radius 3 is 2.32 bits per heavy atom. The van der Waals surface area contributed by atoms with Crippen molar-refractivity contribution in [1.82, 2.24) is 0 Å². The lowest BCUT2D eigenvalue weighted by molar-refractivity contribution is -0.305. The molecule has 1 aliphatic carbocycles. The van der Waals surface area contributed by atoms with E-state index in [1.807, 2.05) is 24.3 Å². The monoisotopic (exact) mass is 431 g/mol. The molecule has 0 aromatic heterocycles. The third kappa shape index (κ3) is 4.93. The molecule has 31 heavy (non-hydrogen) atoms. The molecule has 2 aliphatic rings. The van der Waals surface area contributed by atoms with Gasteiger partial charge in [0, 0.05) is 12.1 Å². The highest BCUT2D eigenvalue weighted by atomic mass is 19.4. The molecule has 1 atom stereocenters. The van der Waals surface area contributed by atoms with Crippen molar-refractivity contribution >= 4 is 11.3 Å². The van der Waals surface area contributed by atoms with Crippen LogP contribution in [-0.4, -0.2) is 12.1 Å². The second-order valence-electron chi connectivity index (χ2n) is 7.26. The van der Waals surface area contributed by atoms with Crippen LogP contribution in [0.25, 0.3) is 5.57 Å². The summed E-state index contributed by atoms with van der Waals surface area (Å²) < 4.78 is 69.3. The van der Waals surface area contributed by atoms with Gasteiger partial charge in [-0.3, -0.25) is 4.99 Å². The standard InChI is InChI=1S/C24H18F5NO/c25-19-5-2-6-20(26)23(19)22-14-13-21(30-22)17-9-7-16(8-10-17)15-3-1-4-18(12-11-15)31-24(27,28)29/h1-3,5-12,21H,4,13-14H2/t21-/m1/s1.